The van der Waals surface area contributed by atoms with E-state index < -0.39 is 35.7 Å². The van der Waals surface area contributed by atoms with Crippen LogP contribution in [0.1, 0.15) is 43.9 Å². The maximum Gasteiger partial charge on any atom is 0.246 e. The van der Waals surface area contributed by atoms with E-state index in [1.165, 1.54) is 15.4 Å². The number of nitrogens with zero attached hydrogens (tertiary/aromatic N) is 2. The molecular weight excluding hydrogens is 506 g/mol. The highest BCUT2D eigenvalue weighted by Gasteiger charge is 2.38. The number of rotatable bonds is 13. The van der Waals surface area contributed by atoms with Crippen LogP contribution >= 0.6 is 0 Å². The van der Waals surface area contributed by atoms with Gasteiger partial charge in [-0.25, -0.2) is 8.78 Å². The molecule has 0 aromatic heterocycles. The summed E-state index contributed by atoms with van der Waals surface area (Å²) in [5, 5.41) is 16.9. The predicted molar refractivity (Wildman–Crippen MR) is 144 cm³/mol. The van der Waals surface area contributed by atoms with E-state index in [-0.39, 0.29) is 43.4 Å². The number of benzene rings is 2. The highest BCUT2D eigenvalue weighted by molar-refractivity contribution is 5.97. The second-order valence-electron chi connectivity index (χ2n) is 9.83. The molecule has 1 saturated heterocycles. The third-order valence-corrected chi connectivity index (χ3v) is 6.95. The molecular formula is C29H38F2N4O4. The molecule has 8 nitrogen and oxygen atoms in total. The Morgan fingerprint density at radius 2 is 1.74 bits per heavy atom. The molecule has 0 aliphatic carbocycles. The summed E-state index contributed by atoms with van der Waals surface area (Å²) >= 11 is 0. The van der Waals surface area contributed by atoms with Crippen molar-refractivity contribution in [2.24, 2.45) is 0 Å². The molecule has 212 valence electrons. The number of aryl methyl sites for hydroxylation is 1. The molecule has 0 spiro atoms. The molecule has 10 heteroatoms. The Bertz CT molecular complexity index is 1140. The largest absolute Gasteiger partial charge is 0.390 e. The Morgan fingerprint density at radius 3 is 2.38 bits per heavy atom. The molecule has 0 unspecified atom stereocenters. The van der Waals surface area contributed by atoms with Gasteiger partial charge in [0.05, 0.1) is 12.1 Å². The van der Waals surface area contributed by atoms with Crippen LogP contribution in [0, 0.1) is 11.6 Å². The predicted octanol–water partition coefficient (Wildman–Crippen LogP) is 2.17. The topological polar surface area (TPSA) is 102 Å². The highest BCUT2D eigenvalue weighted by atomic mass is 19.1. The van der Waals surface area contributed by atoms with Gasteiger partial charge in [0, 0.05) is 25.7 Å². The lowest BCUT2D eigenvalue weighted by Gasteiger charge is -2.39. The van der Waals surface area contributed by atoms with Crippen molar-refractivity contribution < 1.29 is 28.3 Å². The number of likely N-dealkylation sites (N-methyl/N-ethyl adjacent to an activating group) is 1. The zero-order valence-corrected chi connectivity index (χ0v) is 22.8. The molecule has 39 heavy (non-hydrogen) atoms. The van der Waals surface area contributed by atoms with Gasteiger partial charge in [-0.2, -0.15) is 0 Å². The first-order valence-electron chi connectivity index (χ1n) is 13.4. The second-order valence-corrected chi connectivity index (χ2v) is 9.83. The maximum atomic E-state index is 13.8. The molecule has 3 rings (SSSR count). The third kappa shape index (κ3) is 8.31. The number of hydrogen-bond acceptors (Lipinski definition) is 5. The lowest BCUT2D eigenvalue weighted by Crippen LogP contribution is -2.61. The van der Waals surface area contributed by atoms with Crippen LogP contribution in [0.25, 0.3) is 0 Å². The lowest BCUT2D eigenvalue weighted by molar-refractivity contribution is -0.157. The summed E-state index contributed by atoms with van der Waals surface area (Å²) < 4.78 is 27.7. The number of piperazine rings is 1. The monoisotopic (exact) mass is 544 g/mol. The van der Waals surface area contributed by atoms with Gasteiger partial charge in [-0.3, -0.25) is 14.4 Å². The molecule has 0 bridgehead atoms. The zero-order chi connectivity index (χ0) is 28.5. The van der Waals surface area contributed by atoms with Crippen LogP contribution in [0.4, 0.5) is 8.78 Å². The van der Waals surface area contributed by atoms with Gasteiger partial charge in [-0.05, 0) is 55.0 Å². The third-order valence-electron chi connectivity index (χ3n) is 6.95. The average Bonchev–Trinajstić information content (AvgIpc) is 2.89. The van der Waals surface area contributed by atoms with Gasteiger partial charge >= 0.3 is 0 Å². The number of amides is 3. The highest BCUT2D eigenvalue weighted by Crippen LogP contribution is 2.16. The standard InChI is InChI=1S/C29H38F2N4O4/c1-4-19-8-7-9-20(10-19)15-32-16-26(36)24(13-21-11-22(30)14-23(31)12-21)33-27(37)17-34-18-28(38)35(6-3)25(5-2)29(34)39/h7-12,14,24-26,32,36H,4-6,13,15-18H2,1-3H3,(H,33,37)/t24-,25+,26-/m0/s1. The molecule has 2 aromatic carbocycles. The van der Waals surface area contributed by atoms with Crippen molar-refractivity contribution >= 4 is 17.7 Å². The van der Waals surface area contributed by atoms with E-state index in [1.807, 2.05) is 18.2 Å². The van der Waals surface area contributed by atoms with Crippen molar-refractivity contribution in [3.05, 3.63) is 70.8 Å². The molecule has 2 aromatic rings. The minimum atomic E-state index is -1.10. The van der Waals surface area contributed by atoms with E-state index in [0.717, 1.165) is 30.2 Å². The first kappa shape index (κ1) is 30.2. The Labute approximate surface area is 228 Å². The smallest absolute Gasteiger partial charge is 0.246 e. The maximum absolute atomic E-state index is 13.8. The molecule has 0 saturated carbocycles. The summed E-state index contributed by atoms with van der Waals surface area (Å²) in [7, 11) is 0. The van der Waals surface area contributed by atoms with E-state index in [2.05, 4.69) is 23.6 Å². The summed E-state index contributed by atoms with van der Waals surface area (Å²) in [5.41, 5.74) is 2.49. The quantitative estimate of drug-likeness (QED) is 0.359. The molecule has 0 radical (unpaired) electrons. The van der Waals surface area contributed by atoms with Crippen LogP contribution in [0.5, 0.6) is 0 Å². The SMILES string of the molecule is CCc1cccc(CNC[C@H](O)[C@H](Cc2cc(F)cc(F)c2)NC(=O)CN2CC(=O)N(CC)[C@H](CC)C2=O)c1. The molecule has 3 N–H and O–H groups in total. The van der Waals surface area contributed by atoms with Crippen LogP contribution < -0.4 is 10.6 Å². The molecule has 3 amide bonds. The average molecular weight is 545 g/mol. The Hall–Kier alpha value is -3.37. The van der Waals surface area contributed by atoms with Crippen molar-refractivity contribution in [3.8, 4) is 0 Å². The normalized spacial score (nSPS) is 17.3. The molecule has 1 heterocycles. The molecule has 3 atom stereocenters. The minimum Gasteiger partial charge on any atom is -0.390 e. The van der Waals surface area contributed by atoms with Crippen LogP contribution in [-0.4, -0.2) is 77.0 Å². The Balaban J connectivity index is 1.69. The summed E-state index contributed by atoms with van der Waals surface area (Å²) in [5.74, 6) is -2.65. The first-order valence-corrected chi connectivity index (χ1v) is 13.4. The first-order chi connectivity index (χ1) is 18.6. The second kappa shape index (κ2) is 14.1. The number of aliphatic hydroxyl groups excluding tert-OH is 1. The zero-order valence-electron chi connectivity index (χ0n) is 22.8. The number of carbonyl (C=O) groups excluding carboxylic acids is 3. The van der Waals surface area contributed by atoms with Crippen LogP contribution in [0.2, 0.25) is 0 Å². The number of nitrogens with one attached hydrogen (secondary N) is 2. The van der Waals surface area contributed by atoms with Gasteiger partial charge < -0.3 is 25.5 Å². The number of carbonyl (C=O) groups is 3. The van der Waals surface area contributed by atoms with Crippen molar-refractivity contribution in [2.75, 3.05) is 26.2 Å². The van der Waals surface area contributed by atoms with Crippen molar-refractivity contribution in [1.29, 1.82) is 0 Å². The fourth-order valence-corrected chi connectivity index (χ4v) is 4.93. The van der Waals surface area contributed by atoms with E-state index in [4.69, 9.17) is 0 Å². The fourth-order valence-electron chi connectivity index (χ4n) is 4.93. The van der Waals surface area contributed by atoms with E-state index in [1.54, 1.807) is 13.8 Å². The molecule has 1 aliphatic rings. The summed E-state index contributed by atoms with van der Waals surface area (Å²) in [6.07, 6.45) is 0.181. The van der Waals surface area contributed by atoms with E-state index >= 15 is 0 Å². The number of aliphatic hydroxyl groups is 1. The van der Waals surface area contributed by atoms with Crippen molar-refractivity contribution in [1.82, 2.24) is 20.4 Å². The van der Waals surface area contributed by atoms with E-state index in [9.17, 15) is 28.3 Å². The van der Waals surface area contributed by atoms with Gasteiger partial charge in [0.1, 0.15) is 30.8 Å². The Kier molecular flexibility index (Phi) is 10.9. The van der Waals surface area contributed by atoms with Crippen LogP contribution in [-0.2, 0) is 33.8 Å². The summed E-state index contributed by atoms with van der Waals surface area (Å²) in [6.45, 7) is 6.07. The number of halogens is 2. The van der Waals surface area contributed by atoms with Gasteiger partial charge in [0.2, 0.25) is 17.7 Å². The van der Waals surface area contributed by atoms with Crippen molar-refractivity contribution in [3.63, 3.8) is 0 Å². The van der Waals surface area contributed by atoms with Gasteiger partial charge in [0.25, 0.3) is 0 Å². The summed E-state index contributed by atoms with van der Waals surface area (Å²) in [6, 6.07) is 9.54. The number of hydrogen-bond donors (Lipinski definition) is 3. The van der Waals surface area contributed by atoms with Crippen LogP contribution in [0.3, 0.4) is 0 Å². The van der Waals surface area contributed by atoms with Gasteiger partial charge in [-0.1, -0.05) is 38.1 Å². The summed E-state index contributed by atoms with van der Waals surface area (Å²) in [4.78, 5) is 41.2. The van der Waals surface area contributed by atoms with Gasteiger partial charge in [0.15, 0.2) is 0 Å². The van der Waals surface area contributed by atoms with Gasteiger partial charge in [-0.15, -0.1) is 0 Å². The molecule has 1 fully saturated rings. The van der Waals surface area contributed by atoms with E-state index in [0.29, 0.717) is 19.5 Å². The van der Waals surface area contributed by atoms with Crippen LogP contribution in [0.15, 0.2) is 42.5 Å². The van der Waals surface area contributed by atoms with Crippen molar-refractivity contribution in [2.45, 2.75) is 64.8 Å². The lowest BCUT2D eigenvalue weighted by atomic mass is 10.00. The minimum absolute atomic E-state index is 0.0390. The molecule has 1 aliphatic heterocycles. The Morgan fingerprint density at radius 1 is 1.05 bits per heavy atom. The fraction of sp³-hybridized carbons (Fsp3) is 0.483.